The lowest BCUT2D eigenvalue weighted by molar-refractivity contribution is 0.363. The topological polar surface area (TPSA) is 26.0 Å². The van der Waals surface area contributed by atoms with Crippen molar-refractivity contribution in [3.8, 4) is 0 Å². The summed E-state index contributed by atoms with van der Waals surface area (Å²) in [5, 5.41) is 0. The van der Waals surface area contributed by atoms with Gasteiger partial charge in [0.1, 0.15) is 0 Å². The van der Waals surface area contributed by atoms with Crippen molar-refractivity contribution in [1.82, 2.24) is 0 Å². The van der Waals surface area contributed by atoms with Crippen LogP contribution in [0.1, 0.15) is 33.1 Å². The molecule has 1 aliphatic heterocycles. The van der Waals surface area contributed by atoms with Crippen LogP contribution in [0.2, 0.25) is 0 Å². The van der Waals surface area contributed by atoms with Crippen LogP contribution in [-0.4, -0.2) is 17.5 Å². The molecule has 2 unspecified atom stereocenters. The first kappa shape index (κ1) is 10.4. The largest absolute Gasteiger partial charge is 0.327 e. The van der Waals surface area contributed by atoms with Crippen LogP contribution < -0.4 is 5.73 Å². The fourth-order valence-electron chi connectivity index (χ4n) is 1.71. The highest BCUT2D eigenvalue weighted by Gasteiger charge is 2.21. The molecule has 0 saturated carbocycles. The molecule has 72 valence electrons. The van der Waals surface area contributed by atoms with Crippen molar-refractivity contribution in [3.63, 3.8) is 0 Å². The van der Waals surface area contributed by atoms with E-state index in [0.717, 1.165) is 11.8 Å². The Morgan fingerprint density at radius 3 is 2.83 bits per heavy atom. The number of hydrogen-bond donors (Lipinski definition) is 1. The molecule has 1 rings (SSSR count). The van der Waals surface area contributed by atoms with E-state index in [-0.39, 0.29) is 0 Å². The van der Waals surface area contributed by atoms with Gasteiger partial charge in [-0.1, -0.05) is 20.3 Å². The third-order valence-electron chi connectivity index (χ3n) is 2.66. The molecular weight excluding hydrogens is 166 g/mol. The van der Waals surface area contributed by atoms with Crippen LogP contribution >= 0.6 is 11.8 Å². The van der Waals surface area contributed by atoms with E-state index in [2.05, 4.69) is 13.8 Å². The zero-order valence-corrected chi connectivity index (χ0v) is 9.07. The highest BCUT2D eigenvalue weighted by atomic mass is 32.2. The second-order valence-corrected chi connectivity index (χ2v) is 5.41. The predicted molar refractivity (Wildman–Crippen MR) is 57.5 cm³/mol. The summed E-state index contributed by atoms with van der Waals surface area (Å²) in [4.78, 5) is 0. The van der Waals surface area contributed by atoms with Crippen molar-refractivity contribution in [2.75, 3.05) is 11.5 Å². The van der Waals surface area contributed by atoms with Crippen molar-refractivity contribution in [3.05, 3.63) is 0 Å². The Hall–Kier alpha value is 0.310. The molecule has 1 saturated heterocycles. The van der Waals surface area contributed by atoms with Crippen LogP contribution in [0.3, 0.4) is 0 Å². The molecule has 1 fully saturated rings. The van der Waals surface area contributed by atoms with Gasteiger partial charge < -0.3 is 5.73 Å². The Kier molecular flexibility index (Phi) is 4.44. The van der Waals surface area contributed by atoms with Crippen molar-refractivity contribution in [1.29, 1.82) is 0 Å². The Bertz CT molecular complexity index is 125. The van der Waals surface area contributed by atoms with Gasteiger partial charge in [0.05, 0.1) is 0 Å². The molecule has 0 aromatic carbocycles. The van der Waals surface area contributed by atoms with Crippen molar-refractivity contribution in [2.45, 2.75) is 39.2 Å². The van der Waals surface area contributed by atoms with E-state index in [4.69, 9.17) is 5.73 Å². The molecule has 0 aliphatic carbocycles. The maximum atomic E-state index is 6.04. The average Bonchev–Trinajstić information content (AvgIpc) is 2.03. The van der Waals surface area contributed by atoms with Gasteiger partial charge in [-0.15, -0.1) is 0 Å². The van der Waals surface area contributed by atoms with Crippen LogP contribution in [-0.2, 0) is 0 Å². The summed E-state index contributed by atoms with van der Waals surface area (Å²) in [6.45, 7) is 4.59. The number of rotatable bonds is 3. The molecule has 2 atom stereocenters. The Balaban J connectivity index is 2.20. The molecule has 1 heterocycles. The van der Waals surface area contributed by atoms with Gasteiger partial charge in [0, 0.05) is 11.8 Å². The van der Waals surface area contributed by atoms with Gasteiger partial charge in [-0.05, 0) is 30.4 Å². The molecule has 0 bridgehead atoms. The fourth-order valence-corrected chi connectivity index (χ4v) is 2.89. The van der Waals surface area contributed by atoms with Crippen LogP contribution in [0, 0.1) is 11.8 Å². The first-order valence-corrected chi connectivity index (χ1v) is 6.19. The predicted octanol–water partition coefficient (Wildman–Crippen LogP) is 2.50. The van der Waals surface area contributed by atoms with E-state index >= 15 is 0 Å². The number of nitrogens with two attached hydrogens (primary N) is 1. The standard InChI is InChI=1S/C10H21NS/c1-8(2)3-4-9-5-6-12-7-10(9)11/h8-10H,3-7,11H2,1-2H3. The van der Waals surface area contributed by atoms with Crippen molar-refractivity contribution in [2.24, 2.45) is 17.6 Å². The molecule has 2 heteroatoms. The van der Waals surface area contributed by atoms with Gasteiger partial charge >= 0.3 is 0 Å². The molecule has 0 aromatic heterocycles. The van der Waals surface area contributed by atoms with E-state index < -0.39 is 0 Å². The lowest BCUT2D eigenvalue weighted by Gasteiger charge is -2.28. The first-order chi connectivity index (χ1) is 5.70. The monoisotopic (exact) mass is 187 g/mol. The van der Waals surface area contributed by atoms with Gasteiger partial charge in [0.25, 0.3) is 0 Å². The number of hydrogen-bond acceptors (Lipinski definition) is 2. The molecule has 0 spiro atoms. The fraction of sp³-hybridized carbons (Fsp3) is 1.00. The summed E-state index contributed by atoms with van der Waals surface area (Å²) in [7, 11) is 0. The van der Waals surface area contributed by atoms with Crippen LogP contribution in [0.4, 0.5) is 0 Å². The average molecular weight is 187 g/mol. The Morgan fingerprint density at radius 2 is 2.25 bits per heavy atom. The smallest absolute Gasteiger partial charge is 0.0159 e. The van der Waals surface area contributed by atoms with E-state index in [9.17, 15) is 0 Å². The lowest BCUT2D eigenvalue weighted by Crippen LogP contribution is -2.36. The third kappa shape index (κ3) is 3.36. The number of thioether (sulfide) groups is 1. The summed E-state index contributed by atoms with van der Waals surface area (Å²) in [5.74, 6) is 4.17. The summed E-state index contributed by atoms with van der Waals surface area (Å²) >= 11 is 2.02. The van der Waals surface area contributed by atoms with Gasteiger partial charge in [-0.25, -0.2) is 0 Å². The van der Waals surface area contributed by atoms with Crippen molar-refractivity contribution < 1.29 is 0 Å². The molecule has 1 nitrogen and oxygen atoms in total. The zero-order chi connectivity index (χ0) is 8.97. The zero-order valence-electron chi connectivity index (χ0n) is 8.25. The SMILES string of the molecule is CC(C)CCC1CCSCC1N. The van der Waals surface area contributed by atoms with Gasteiger partial charge in [0.15, 0.2) is 0 Å². The van der Waals surface area contributed by atoms with Crippen LogP contribution in [0.25, 0.3) is 0 Å². The van der Waals surface area contributed by atoms with Gasteiger partial charge in [-0.3, -0.25) is 0 Å². The maximum absolute atomic E-state index is 6.04. The maximum Gasteiger partial charge on any atom is 0.0159 e. The molecule has 12 heavy (non-hydrogen) atoms. The van der Waals surface area contributed by atoms with E-state index in [1.807, 2.05) is 11.8 Å². The van der Waals surface area contributed by atoms with Crippen molar-refractivity contribution >= 4 is 11.8 Å². The van der Waals surface area contributed by atoms with Crippen LogP contribution in [0.15, 0.2) is 0 Å². The minimum absolute atomic E-state index is 0.475. The highest BCUT2D eigenvalue weighted by molar-refractivity contribution is 7.99. The molecule has 0 radical (unpaired) electrons. The summed E-state index contributed by atoms with van der Waals surface area (Å²) < 4.78 is 0. The second-order valence-electron chi connectivity index (χ2n) is 4.26. The second kappa shape index (κ2) is 5.13. The normalized spacial score (nSPS) is 31.0. The Morgan fingerprint density at radius 1 is 1.50 bits per heavy atom. The molecule has 0 aromatic rings. The van der Waals surface area contributed by atoms with Gasteiger partial charge in [0.2, 0.25) is 0 Å². The molecule has 2 N–H and O–H groups in total. The lowest BCUT2D eigenvalue weighted by atomic mass is 9.90. The highest BCUT2D eigenvalue weighted by Crippen LogP contribution is 2.26. The molecule has 0 amide bonds. The minimum atomic E-state index is 0.475. The van der Waals surface area contributed by atoms with E-state index in [0.29, 0.717) is 6.04 Å². The van der Waals surface area contributed by atoms with E-state index in [1.165, 1.54) is 30.8 Å². The Labute approximate surface area is 80.5 Å². The first-order valence-electron chi connectivity index (χ1n) is 5.03. The molecule has 1 aliphatic rings. The quantitative estimate of drug-likeness (QED) is 0.734. The minimum Gasteiger partial charge on any atom is -0.327 e. The van der Waals surface area contributed by atoms with E-state index in [1.54, 1.807) is 0 Å². The van der Waals surface area contributed by atoms with Gasteiger partial charge in [-0.2, -0.15) is 11.8 Å². The molecular formula is C10H21NS. The third-order valence-corrected chi connectivity index (χ3v) is 3.81. The summed E-state index contributed by atoms with van der Waals surface area (Å²) in [6.07, 6.45) is 4.04. The summed E-state index contributed by atoms with van der Waals surface area (Å²) in [6, 6.07) is 0.475. The van der Waals surface area contributed by atoms with Crippen LogP contribution in [0.5, 0.6) is 0 Å². The summed E-state index contributed by atoms with van der Waals surface area (Å²) in [5.41, 5.74) is 6.04.